The molecule has 2 atom stereocenters. The lowest BCUT2D eigenvalue weighted by atomic mass is 9.96. The SMILES string of the molecule is COC(=O)CCN1C(=S)N[C@@H](c2ccccn2)[C@H]1c1cc(C)n(-c2ccccc2C(=O)OC)c1C. The van der Waals surface area contributed by atoms with Gasteiger partial charge in [-0.3, -0.25) is 9.78 Å². The Balaban J connectivity index is 1.83. The van der Waals surface area contributed by atoms with Crippen LogP contribution in [0.15, 0.2) is 54.7 Å². The van der Waals surface area contributed by atoms with E-state index in [2.05, 4.69) is 20.9 Å². The van der Waals surface area contributed by atoms with Gasteiger partial charge in [0.25, 0.3) is 0 Å². The van der Waals surface area contributed by atoms with Crippen LogP contribution in [-0.2, 0) is 14.3 Å². The Bertz CT molecular complexity index is 1260. The zero-order valence-electron chi connectivity index (χ0n) is 20.1. The Morgan fingerprint density at radius 1 is 1.09 bits per heavy atom. The second-order valence-electron chi connectivity index (χ2n) is 8.32. The number of esters is 2. The van der Waals surface area contributed by atoms with Crippen LogP contribution >= 0.6 is 12.2 Å². The molecule has 1 aliphatic heterocycles. The van der Waals surface area contributed by atoms with Crippen molar-refractivity contribution in [2.75, 3.05) is 20.8 Å². The number of thiocarbonyl (C=S) groups is 1. The van der Waals surface area contributed by atoms with Crippen LogP contribution in [0.25, 0.3) is 5.69 Å². The Labute approximate surface area is 209 Å². The summed E-state index contributed by atoms with van der Waals surface area (Å²) in [7, 11) is 2.76. The zero-order chi connectivity index (χ0) is 25.1. The molecule has 182 valence electrons. The van der Waals surface area contributed by atoms with Gasteiger partial charge in [-0.1, -0.05) is 18.2 Å². The number of para-hydroxylation sites is 1. The van der Waals surface area contributed by atoms with Crippen molar-refractivity contribution in [1.82, 2.24) is 19.8 Å². The molecule has 8 nitrogen and oxygen atoms in total. The highest BCUT2D eigenvalue weighted by atomic mass is 32.1. The third kappa shape index (κ3) is 4.64. The zero-order valence-corrected chi connectivity index (χ0v) is 21.0. The van der Waals surface area contributed by atoms with Crippen LogP contribution in [0.3, 0.4) is 0 Å². The minimum Gasteiger partial charge on any atom is -0.469 e. The monoisotopic (exact) mass is 492 g/mol. The molecule has 9 heteroatoms. The Morgan fingerprint density at radius 3 is 2.51 bits per heavy atom. The quantitative estimate of drug-likeness (QED) is 0.394. The van der Waals surface area contributed by atoms with Crippen LogP contribution in [0.4, 0.5) is 0 Å². The van der Waals surface area contributed by atoms with Crippen molar-refractivity contribution in [3.63, 3.8) is 0 Å². The Hall–Kier alpha value is -3.72. The topological polar surface area (TPSA) is 85.7 Å². The summed E-state index contributed by atoms with van der Waals surface area (Å²) >= 11 is 5.70. The molecule has 1 fully saturated rings. The van der Waals surface area contributed by atoms with Gasteiger partial charge < -0.3 is 24.3 Å². The molecule has 3 aromatic rings. The molecule has 0 spiro atoms. The van der Waals surface area contributed by atoms with E-state index >= 15 is 0 Å². The van der Waals surface area contributed by atoms with Crippen molar-refractivity contribution in [3.05, 3.63) is 82.9 Å². The first-order valence-corrected chi connectivity index (χ1v) is 11.7. The van der Waals surface area contributed by atoms with Crippen molar-refractivity contribution in [2.45, 2.75) is 32.4 Å². The number of ether oxygens (including phenoxy) is 2. The standard InChI is InChI=1S/C26H28N4O4S/c1-16-15-19(17(2)30(16)21-11-6-5-9-18(21)25(32)34-4)24-23(20-10-7-8-13-27-20)28-26(35)29(24)14-12-22(31)33-3/h5-11,13,15,23-24H,12,14H2,1-4H3,(H,28,35)/t23-,24+/m0/s1. The molecule has 0 aliphatic carbocycles. The fraction of sp³-hybridized carbons (Fsp3) is 0.308. The third-order valence-corrected chi connectivity index (χ3v) is 6.67. The van der Waals surface area contributed by atoms with Crippen LogP contribution in [-0.4, -0.2) is 52.3 Å². The lowest BCUT2D eigenvalue weighted by molar-refractivity contribution is -0.140. The molecule has 4 rings (SSSR count). The molecule has 3 heterocycles. The summed E-state index contributed by atoms with van der Waals surface area (Å²) in [5.74, 6) is -0.699. The molecule has 0 radical (unpaired) electrons. The molecule has 1 aliphatic rings. The first kappa shape index (κ1) is 24.4. The predicted octanol–water partition coefficient (Wildman–Crippen LogP) is 3.81. The van der Waals surface area contributed by atoms with E-state index in [9.17, 15) is 9.59 Å². The highest BCUT2D eigenvalue weighted by molar-refractivity contribution is 7.80. The molecule has 2 aromatic heterocycles. The second-order valence-corrected chi connectivity index (χ2v) is 8.70. The van der Waals surface area contributed by atoms with Gasteiger partial charge in [0.05, 0.1) is 49.7 Å². The van der Waals surface area contributed by atoms with Gasteiger partial charge >= 0.3 is 11.9 Å². The summed E-state index contributed by atoms with van der Waals surface area (Å²) in [5.41, 5.74) is 5.01. The van der Waals surface area contributed by atoms with Crippen molar-refractivity contribution >= 4 is 29.3 Å². The lowest BCUT2D eigenvalue weighted by Gasteiger charge is -2.28. The molecule has 1 aromatic carbocycles. The van der Waals surface area contributed by atoms with Gasteiger partial charge in [0.2, 0.25) is 0 Å². The van der Waals surface area contributed by atoms with Gasteiger partial charge in [-0.2, -0.15) is 0 Å². The number of carbonyl (C=O) groups is 2. The average Bonchev–Trinajstić information content (AvgIpc) is 3.36. The van der Waals surface area contributed by atoms with E-state index in [-0.39, 0.29) is 24.5 Å². The summed E-state index contributed by atoms with van der Waals surface area (Å²) in [5, 5.41) is 3.95. The highest BCUT2D eigenvalue weighted by Crippen LogP contribution is 2.41. The van der Waals surface area contributed by atoms with E-state index < -0.39 is 5.97 Å². The normalized spacial score (nSPS) is 17.3. The highest BCUT2D eigenvalue weighted by Gasteiger charge is 2.41. The minimum absolute atomic E-state index is 0.202. The molecule has 0 amide bonds. The summed E-state index contributed by atoms with van der Waals surface area (Å²) in [6, 6.07) is 14.8. The van der Waals surface area contributed by atoms with Crippen molar-refractivity contribution in [2.24, 2.45) is 0 Å². The number of methoxy groups -OCH3 is 2. The smallest absolute Gasteiger partial charge is 0.339 e. The van der Waals surface area contributed by atoms with Gasteiger partial charge in [-0.15, -0.1) is 0 Å². The predicted molar refractivity (Wildman–Crippen MR) is 135 cm³/mol. The molecule has 35 heavy (non-hydrogen) atoms. The second kappa shape index (κ2) is 10.3. The fourth-order valence-corrected chi connectivity index (χ4v) is 5.04. The average molecular weight is 493 g/mol. The molecule has 1 N–H and O–H groups in total. The molecule has 1 saturated heterocycles. The molecular formula is C26H28N4O4S. The largest absolute Gasteiger partial charge is 0.469 e. The van der Waals surface area contributed by atoms with E-state index in [0.717, 1.165) is 28.3 Å². The van der Waals surface area contributed by atoms with E-state index in [0.29, 0.717) is 17.2 Å². The summed E-state index contributed by atoms with van der Waals surface area (Å²) in [6.07, 6.45) is 1.96. The summed E-state index contributed by atoms with van der Waals surface area (Å²) < 4.78 is 11.9. The number of aryl methyl sites for hydroxylation is 1. The number of pyridine rings is 1. The van der Waals surface area contributed by atoms with Crippen molar-refractivity contribution < 1.29 is 19.1 Å². The van der Waals surface area contributed by atoms with Crippen LogP contribution in [0.5, 0.6) is 0 Å². The van der Waals surface area contributed by atoms with E-state index in [4.69, 9.17) is 21.7 Å². The number of hydrogen-bond acceptors (Lipinski definition) is 6. The van der Waals surface area contributed by atoms with Gasteiger partial charge in [0.1, 0.15) is 0 Å². The Kier molecular flexibility index (Phi) is 7.16. The van der Waals surface area contributed by atoms with Crippen molar-refractivity contribution in [3.8, 4) is 5.69 Å². The maximum Gasteiger partial charge on any atom is 0.339 e. The number of rotatable bonds is 7. The van der Waals surface area contributed by atoms with Gasteiger partial charge in [-0.05, 0) is 62.0 Å². The van der Waals surface area contributed by atoms with Crippen LogP contribution in [0.2, 0.25) is 0 Å². The van der Waals surface area contributed by atoms with E-state index in [1.165, 1.54) is 14.2 Å². The van der Waals surface area contributed by atoms with Gasteiger partial charge in [0.15, 0.2) is 5.11 Å². The first-order valence-electron chi connectivity index (χ1n) is 11.3. The minimum atomic E-state index is -0.399. The van der Waals surface area contributed by atoms with E-state index in [1.54, 1.807) is 12.3 Å². The number of carbonyl (C=O) groups excluding carboxylic acids is 2. The van der Waals surface area contributed by atoms with Crippen molar-refractivity contribution in [1.29, 1.82) is 0 Å². The molecule has 0 bridgehead atoms. The molecular weight excluding hydrogens is 464 g/mol. The molecule has 0 saturated carbocycles. The van der Waals surface area contributed by atoms with Gasteiger partial charge in [0, 0.05) is 24.1 Å². The number of hydrogen-bond donors (Lipinski definition) is 1. The lowest BCUT2D eigenvalue weighted by Crippen LogP contribution is -2.32. The number of nitrogens with one attached hydrogen (secondary N) is 1. The van der Waals surface area contributed by atoms with Gasteiger partial charge in [-0.25, -0.2) is 4.79 Å². The van der Waals surface area contributed by atoms with E-state index in [1.807, 2.05) is 55.1 Å². The van der Waals surface area contributed by atoms with Crippen LogP contribution in [0.1, 0.15) is 51.5 Å². The third-order valence-electron chi connectivity index (χ3n) is 6.32. The van der Waals surface area contributed by atoms with Crippen LogP contribution in [0, 0.1) is 13.8 Å². The number of benzene rings is 1. The first-order chi connectivity index (χ1) is 16.9. The number of aromatic nitrogens is 2. The van der Waals surface area contributed by atoms with Crippen LogP contribution < -0.4 is 5.32 Å². The fourth-order valence-electron chi connectivity index (χ4n) is 4.71. The maximum atomic E-state index is 12.5. The molecule has 0 unspecified atom stereocenters. The summed E-state index contributed by atoms with van der Waals surface area (Å²) in [6.45, 7) is 4.42. The number of nitrogens with zero attached hydrogens (tertiary/aromatic N) is 3. The Morgan fingerprint density at radius 2 is 1.83 bits per heavy atom. The maximum absolute atomic E-state index is 12.5. The summed E-state index contributed by atoms with van der Waals surface area (Å²) in [4.78, 5) is 31.0.